The standard InChI is InChI=1S/C7H16N.2C3H7.In/c1-4-6-7-8(3)5-2;2*1-3-2;/h1,4-7H2,2-3H3;2*1,3H2,2H3;. The first-order valence-corrected chi connectivity index (χ1v) is 13.9. The van der Waals surface area contributed by atoms with Gasteiger partial charge < -0.3 is 0 Å². The summed E-state index contributed by atoms with van der Waals surface area (Å²) in [6, 6.07) is 0. The summed E-state index contributed by atoms with van der Waals surface area (Å²) in [6.07, 6.45) is 5.86. The molecular weight excluding hydrogens is 285 g/mol. The van der Waals surface area contributed by atoms with Crippen LogP contribution in [0.2, 0.25) is 12.5 Å². The van der Waals surface area contributed by atoms with Gasteiger partial charge in [0.2, 0.25) is 0 Å². The van der Waals surface area contributed by atoms with Crippen LogP contribution in [0.25, 0.3) is 0 Å². The van der Waals surface area contributed by atoms with E-state index in [1.807, 2.05) is 0 Å². The molecule has 0 aliphatic rings. The molecule has 0 unspecified atom stereocenters. The van der Waals surface area contributed by atoms with Gasteiger partial charge in [0.15, 0.2) is 0 Å². The summed E-state index contributed by atoms with van der Waals surface area (Å²) in [4.78, 5) is 2.43. The molecule has 0 heterocycles. The summed E-state index contributed by atoms with van der Waals surface area (Å²) in [6.45, 7) is 9.50. The molecule has 0 amide bonds. The van der Waals surface area contributed by atoms with Gasteiger partial charge in [-0.05, 0) is 0 Å². The molecule has 0 aliphatic heterocycles. The van der Waals surface area contributed by atoms with Gasteiger partial charge in [0.1, 0.15) is 0 Å². The quantitative estimate of drug-likeness (QED) is 0.550. The van der Waals surface area contributed by atoms with Gasteiger partial charge >= 0.3 is 105 Å². The average molecular weight is 315 g/mol. The van der Waals surface area contributed by atoms with Crippen molar-refractivity contribution in [1.29, 1.82) is 0 Å². The second-order valence-electron chi connectivity index (χ2n) is 4.84. The molecule has 0 rings (SSSR count). The van der Waals surface area contributed by atoms with E-state index in [2.05, 4.69) is 32.7 Å². The topological polar surface area (TPSA) is 3.24 Å². The van der Waals surface area contributed by atoms with E-state index in [-0.39, 0.29) is 0 Å². The number of unbranched alkanes of at least 4 members (excludes halogenated alkanes) is 1. The van der Waals surface area contributed by atoms with Crippen molar-refractivity contribution >= 4 is 21.4 Å². The van der Waals surface area contributed by atoms with Gasteiger partial charge in [-0.25, -0.2) is 0 Å². The van der Waals surface area contributed by atoms with Crippen molar-refractivity contribution in [2.45, 2.75) is 59.0 Å². The minimum absolute atomic E-state index is 1.01. The summed E-state index contributed by atoms with van der Waals surface area (Å²) in [5, 5.41) is 0. The maximum absolute atomic E-state index is 2.43. The number of nitrogens with zero attached hydrogens (tertiary/aromatic N) is 1. The van der Waals surface area contributed by atoms with Gasteiger partial charge in [-0.15, -0.1) is 0 Å². The zero-order valence-corrected chi connectivity index (χ0v) is 14.7. The zero-order valence-electron chi connectivity index (χ0n) is 11.4. The molecule has 0 saturated carbocycles. The van der Waals surface area contributed by atoms with E-state index in [1.54, 1.807) is 12.5 Å². The van der Waals surface area contributed by atoms with Gasteiger partial charge in [-0.3, -0.25) is 0 Å². The Hall–Kier alpha value is 0.830. The van der Waals surface area contributed by atoms with Gasteiger partial charge in [0.25, 0.3) is 0 Å². The monoisotopic (exact) mass is 315 g/mol. The molecule has 0 saturated heterocycles. The SMILES string of the molecule is CC[CH2][In]([CH2]CC)[CH2]CCCN(C)CC. The molecule has 0 radical (unpaired) electrons. The molecule has 2 heteroatoms. The van der Waals surface area contributed by atoms with Crippen LogP contribution in [0.3, 0.4) is 0 Å². The predicted molar refractivity (Wildman–Crippen MR) is 73.2 cm³/mol. The van der Waals surface area contributed by atoms with E-state index in [0.717, 1.165) is 0 Å². The Labute approximate surface area is 105 Å². The van der Waals surface area contributed by atoms with E-state index in [4.69, 9.17) is 0 Å². The van der Waals surface area contributed by atoms with Crippen LogP contribution in [0.5, 0.6) is 0 Å². The molecule has 1 nitrogen and oxygen atoms in total. The third-order valence-electron chi connectivity index (χ3n) is 3.34. The van der Waals surface area contributed by atoms with E-state index in [9.17, 15) is 0 Å². The third kappa shape index (κ3) is 9.74. The number of hydrogen-bond acceptors (Lipinski definition) is 1. The second-order valence-corrected chi connectivity index (χ2v) is 14.7. The fraction of sp³-hybridized carbons (Fsp3) is 1.00. The molecular formula is C13H30InN. The summed E-state index contributed by atoms with van der Waals surface area (Å²) < 4.78 is 4.97. The van der Waals surface area contributed by atoms with Crippen LogP contribution in [0.1, 0.15) is 46.5 Å². The van der Waals surface area contributed by atoms with Gasteiger partial charge in [-0.2, -0.15) is 0 Å². The van der Waals surface area contributed by atoms with E-state index >= 15 is 0 Å². The van der Waals surface area contributed by atoms with E-state index in [0.29, 0.717) is 0 Å². The summed E-state index contributed by atoms with van der Waals surface area (Å²) >= 11 is -1.01. The number of rotatable bonds is 10. The van der Waals surface area contributed by atoms with Gasteiger partial charge in [0.05, 0.1) is 0 Å². The first-order valence-electron chi connectivity index (χ1n) is 6.93. The van der Waals surface area contributed by atoms with E-state index < -0.39 is 21.4 Å². The summed E-state index contributed by atoms with van der Waals surface area (Å²) in [5.74, 6) is 0. The maximum atomic E-state index is 2.43. The first kappa shape index (κ1) is 15.8. The van der Waals surface area contributed by atoms with Gasteiger partial charge in [0, 0.05) is 0 Å². The summed E-state index contributed by atoms with van der Waals surface area (Å²) in [7, 11) is 2.23. The predicted octanol–water partition coefficient (Wildman–Crippen LogP) is 4.03. The van der Waals surface area contributed by atoms with Crippen LogP contribution in [-0.2, 0) is 0 Å². The molecule has 0 atom stereocenters. The van der Waals surface area contributed by atoms with Crippen molar-refractivity contribution < 1.29 is 0 Å². The Morgan fingerprint density at radius 2 is 1.47 bits per heavy atom. The first-order chi connectivity index (χ1) is 7.24. The van der Waals surface area contributed by atoms with Crippen molar-refractivity contribution in [2.24, 2.45) is 0 Å². The Balaban J connectivity index is 3.43. The fourth-order valence-electron chi connectivity index (χ4n) is 2.22. The Morgan fingerprint density at radius 1 is 0.867 bits per heavy atom. The van der Waals surface area contributed by atoms with E-state index in [1.165, 1.54) is 38.8 Å². The average Bonchev–Trinajstić information content (AvgIpc) is 2.24. The molecule has 15 heavy (non-hydrogen) atoms. The normalized spacial score (nSPS) is 11.0. The molecule has 0 aromatic rings. The van der Waals surface area contributed by atoms with Crippen LogP contribution < -0.4 is 0 Å². The van der Waals surface area contributed by atoms with Crippen LogP contribution >= 0.6 is 0 Å². The van der Waals surface area contributed by atoms with Crippen molar-refractivity contribution in [1.82, 2.24) is 4.90 Å². The van der Waals surface area contributed by atoms with Gasteiger partial charge in [-0.1, -0.05) is 0 Å². The Kier molecular flexibility index (Phi) is 11.9. The third-order valence-corrected chi connectivity index (χ3v) is 14.8. The van der Waals surface area contributed by atoms with Crippen molar-refractivity contribution in [3.05, 3.63) is 0 Å². The molecule has 0 N–H and O–H groups in total. The van der Waals surface area contributed by atoms with Crippen molar-refractivity contribution in [2.75, 3.05) is 20.1 Å². The molecule has 0 spiro atoms. The van der Waals surface area contributed by atoms with Crippen LogP contribution in [-0.4, -0.2) is 46.5 Å². The molecule has 0 aromatic carbocycles. The number of hydrogen-bond donors (Lipinski definition) is 0. The van der Waals surface area contributed by atoms with Crippen molar-refractivity contribution in [3.63, 3.8) is 0 Å². The van der Waals surface area contributed by atoms with Crippen molar-refractivity contribution in [3.8, 4) is 0 Å². The van der Waals surface area contributed by atoms with Crippen LogP contribution in [0, 0.1) is 0 Å². The molecule has 0 aliphatic carbocycles. The molecule has 0 aromatic heterocycles. The molecule has 0 fully saturated rings. The summed E-state index contributed by atoms with van der Waals surface area (Å²) in [5.41, 5.74) is 0. The minimum atomic E-state index is -1.01. The molecule has 0 bridgehead atoms. The zero-order chi connectivity index (χ0) is 11.5. The second kappa shape index (κ2) is 11.3. The Bertz CT molecular complexity index is 122. The van der Waals surface area contributed by atoms with Crippen LogP contribution in [0.15, 0.2) is 0 Å². The Morgan fingerprint density at radius 3 is 1.93 bits per heavy atom. The fourth-order valence-corrected chi connectivity index (χ4v) is 11.8. The molecule has 90 valence electrons. The van der Waals surface area contributed by atoms with Crippen LogP contribution in [0.4, 0.5) is 0 Å².